The van der Waals surface area contributed by atoms with Gasteiger partial charge in [0.1, 0.15) is 5.82 Å². The van der Waals surface area contributed by atoms with Gasteiger partial charge in [-0.25, -0.2) is 4.39 Å². The Hall–Kier alpha value is -2.82. The number of carbonyl (C=O) groups excluding carboxylic acids is 1. The monoisotopic (exact) mass is 444 g/mol. The van der Waals surface area contributed by atoms with E-state index in [9.17, 15) is 9.18 Å². The lowest BCUT2D eigenvalue weighted by atomic mass is 9.92. The molecule has 1 fully saturated rings. The second-order valence-corrected chi connectivity index (χ2v) is 9.45. The first-order chi connectivity index (χ1) is 15.8. The third-order valence-electron chi connectivity index (χ3n) is 6.76. The summed E-state index contributed by atoms with van der Waals surface area (Å²) >= 11 is 0. The molecule has 3 atom stereocenters. The van der Waals surface area contributed by atoms with E-state index in [2.05, 4.69) is 67.0 Å². The number of carbonyl (C=O) groups is 1. The Morgan fingerprint density at radius 2 is 1.67 bits per heavy atom. The molecule has 0 saturated carbocycles. The first-order valence-electron chi connectivity index (χ1n) is 11.7. The smallest absolute Gasteiger partial charge is 0.159 e. The number of halogens is 1. The van der Waals surface area contributed by atoms with Crippen molar-refractivity contribution in [2.45, 2.75) is 52.4 Å². The molecule has 4 rings (SSSR count). The normalized spacial score (nSPS) is 20.5. The Bertz CT molecular complexity index is 1110. The van der Waals surface area contributed by atoms with Gasteiger partial charge in [0, 0.05) is 37.3 Å². The van der Waals surface area contributed by atoms with Gasteiger partial charge in [-0.15, -0.1) is 0 Å². The third-order valence-corrected chi connectivity index (χ3v) is 6.76. The summed E-state index contributed by atoms with van der Waals surface area (Å²) in [6.07, 6.45) is 0. The zero-order valence-corrected chi connectivity index (χ0v) is 20.0. The first kappa shape index (κ1) is 23.3. The van der Waals surface area contributed by atoms with E-state index >= 15 is 0 Å². The summed E-state index contributed by atoms with van der Waals surface area (Å²) in [6, 6.07) is 24.5. The van der Waals surface area contributed by atoms with E-state index in [1.54, 1.807) is 19.1 Å². The van der Waals surface area contributed by atoms with Crippen LogP contribution in [0.3, 0.4) is 0 Å². The maximum Gasteiger partial charge on any atom is 0.159 e. The van der Waals surface area contributed by atoms with Crippen molar-refractivity contribution in [3.05, 3.63) is 106 Å². The maximum absolute atomic E-state index is 13.7. The molecule has 172 valence electrons. The average molecular weight is 445 g/mol. The average Bonchev–Trinajstić information content (AvgIpc) is 2.78. The van der Waals surface area contributed by atoms with Crippen LogP contribution in [0.1, 0.15) is 59.4 Å². The molecule has 3 aromatic rings. The van der Waals surface area contributed by atoms with Gasteiger partial charge in [-0.05, 0) is 56.5 Å². The summed E-state index contributed by atoms with van der Waals surface area (Å²) in [5, 5.41) is 0. The van der Waals surface area contributed by atoms with Crippen molar-refractivity contribution in [3.8, 4) is 0 Å². The molecule has 4 heteroatoms. The molecule has 1 saturated heterocycles. The molecule has 0 radical (unpaired) electrons. The molecule has 0 spiro atoms. The second-order valence-electron chi connectivity index (χ2n) is 9.45. The zero-order chi connectivity index (χ0) is 23.5. The molecule has 1 aliphatic heterocycles. The third kappa shape index (κ3) is 5.40. The van der Waals surface area contributed by atoms with Crippen LogP contribution in [0.15, 0.2) is 72.8 Å². The van der Waals surface area contributed by atoms with E-state index in [1.807, 2.05) is 18.2 Å². The number of hydrogen-bond acceptors (Lipinski definition) is 3. The quantitative estimate of drug-likeness (QED) is 0.434. The van der Waals surface area contributed by atoms with Crippen LogP contribution in [-0.2, 0) is 6.54 Å². The second kappa shape index (κ2) is 9.98. The zero-order valence-electron chi connectivity index (χ0n) is 20.0. The van der Waals surface area contributed by atoms with Gasteiger partial charge < -0.3 is 0 Å². The topological polar surface area (TPSA) is 23.6 Å². The van der Waals surface area contributed by atoms with E-state index in [0.717, 1.165) is 30.8 Å². The molecular weight excluding hydrogens is 411 g/mol. The molecule has 33 heavy (non-hydrogen) atoms. The number of nitrogens with zero attached hydrogens (tertiary/aromatic N) is 2. The highest BCUT2D eigenvalue weighted by molar-refractivity contribution is 5.94. The highest BCUT2D eigenvalue weighted by Crippen LogP contribution is 2.34. The number of ketones is 1. The number of piperazine rings is 1. The number of benzene rings is 3. The fraction of sp³-hybridized carbons (Fsp3) is 0.345. The predicted octanol–water partition coefficient (Wildman–Crippen LogP) is 6.02. The highest BCUT2D eigenvalue weighted by atomic mass is 19.1. The Labute approximate surface area is 196 Å². The van der Waals surface area contributed by atoms with Gasteiger partial charge in [-0.3, -0.25) is 14.6 Å². The minimum absolute atomic E-state index is 0.0848. The summed E-state index contributed by atoms with van der Waals surface area (Å²) in [5.74, 6) is -0.0954. The van der Waals surface area contributed by atoms with Gasteiger partial charge in [0.05, 0.1) is 6.04 Å². The van der Waals surface area contributed by atoms with Crippen LogP contribution in [0.2, 0.25) is 0 Å². The van der Waals surface area contributed by atoms with Gasteiger partial charge in [0.15, 0.2) is 5.78 Å². The molecule has 1 heterocycles. The van der Waals surface area contributed by atoms with Crippen molar-refractivity contribution in [2.75, 3.05) is 13.1 Å². The van der Waals surface area contributed by atoms with E-state index in [1.165, 1.54) is 22.8 Å². The van der Waals surface area contributed by atoms with E-state index < -0.39 is 0 Å². The lowest BCUT2D eigenvalue weighted by molar-refractivity contribution is 0.0195. The minimum Gasteiger partial charge on any atom is -0.295 e. The van der Waals surface area contributed by atoms with Gasteiger partial charge in [0.25, 0.3) is 0 Å². The number of Topliss-reactive ketones (excluding diaryl/α,β-unsaturated/α-hetero) is 1. The molecule has 0 amide bonds. The van der Waals surface area contributed by atoms with Crippen LogP contribution in [0.5, 0.6) is 0 Å². The molecular formula is C29H33FN2O. The fourth-order valence-corrected chi connectivity index (χ4v) is 4.99. The summed E-state index contributed by atoms with van der Waals surface area (Å²) in [6.45, 7) is 10.8. The van der Waals surface area contributed by atoms with Crippen molar-refractivity contribution in [2.24, 2.45) is 0 Å². The van der Waals surface area contributed by atoms with E-state index in [-0.39, 0.29) is 17.6 Å². The Morgan fingerprint density at radius 3 is 2.33 bits per heavy atom. The van der Waals surface area contributed by atoms with Crippen LogP contribution < -0.4 is 0 Å². The molecule has 0 aliphatic carbocycles. The van der Waals surface area contributed by atoms with Crippen molar-refractivity contribution in [1.29, 1.82) is 0 Å². The molecule has 0 bridgehead atoms. The minimum atomic E-state index is -0.180. The lowest BCUT2D eigenvalue weighted by Crippen LogP contribution is -2.56. The predicted molar refractivity (Wildman–Crippen MR) is 132 cm³/mol. The van der Waals surface area contributed by atoms with Gasteiger partial charge in [0.2, 0.25) is 0 Å². The largest absolute Gasteiger partial charge is 0.295 e. The highest BCUT2D eigenvalue weighted by Gasteiger charge is 2.34. The summed E-state index contributed by atoms with van der Waals surface area (Å²) in [5.41, 5.74) is 5.45. The molecule has 3 aromatic carbocycles. The van der Waals surface area contributed by atoms with Crippen LogP contribution in [-0.4, -0.2) is 40.8 Å². The van der Waals surface area contributed by atoms with Crippen molar-refractivity contribution < 1.29 is 9.18 Å². The van der Waals surface area contributed by atoms with Crippen molar-refractivity contribution in [1.82, 2.24) is 9.80 Å². The van der Waals surface area contributed by atoms with Crippen LogP contribution in [0.4, 0.5) is 4.39 Å². The molecule has 0 aromatic heterocycles. The fourth-order valence-electron chi connectivity index (χ4n) is 4.99. The summed E-state index contributed by atoms with van der Waals surface area (Å²) in [4.78, 5) is 16.8. The van der Waals surface area contributed by atoms with Crippen LogP contribution in [0.25, 0.3) is 0 Å². The number of rotatable bonds is 6. The lowest BCUT2D eigenvalue weighted by Gasteiger charge is -2.47. The molecule has 0 N–H and O–H groups in total. The number of aryl methyl sites for hydroxylation is 1. The van der Waals surface area contributed by atoms with Gasteiger partial charge in [-0.1, -0.05) is 66.2 Å². The standard InChI is InChI=1S/C29H33FN2O/c1-20-7-5-9-27(15-20)29(26-13-11-25(12-14-26)23(4)33)32-18-21(2)31(17-22(32)3)19-24-8-6-10-28(30)16-24/h5-16,21-22,29H,17-19H2,1-4H3/t21-,22+,29+/m0/s1. The van der Waals surface area contributed by atoms with E-state index in [0.29, 0.717) is 12.1 Å². The molecule has 1 aliphatic rings. The summed E-state index contributed by atoms with van der Waals surface area (Å²) in [7, 11) is 0. The maximum atomic E-state index is 13.7. The van der Waals surface area contributed by atoms with Gasteiger partial charge in [-0.2, -0.15) is 0 Å². The van der Waals surface area contributed by atoms with Crippen LogP contribution >= 0.6 is 0 Å². The van der Waals surface area contributed by atoms with E-state index in [4.69, 9.17) is 0 Å². The molecule has 3 nitrogen and oxygen atoms in total. The molecule has 0 unspecified atom stereocenters. The SMILES string of the molecule is CC(=O)c1ccc([C@H](c2cccc(C)c2)N2C[C@H](C)N(Cc3cccc(F)c3)C[C@H]2C)cc1. The number of hydrogen-bond donors (Lipinski definition) is 0. The van der Waals surface area contributed by atoms with Crippen LogP contribution in [0, 0.1) is 12.7 Å². The Kier molecular flexibility index (Phi) is 7.06. The Balaban J connectivity index is 1.62. The van der Waals surface area contributed by atoms with Crippen molar-refractivity contribution >= 4 is 5.78 Å². The Morgan fingerprint density at radius 1 is 0.939 bits per heavy atom. The summed E-state index contributed by atoms with van der Waals surface area (Å²) < 4.78 is 13.7. The van der Waals surface area contributed by atoms with Gasteiger partial charge >= 0.3 is 0 Å². The van der Waals surface area contributed by atoms with Crippen molar-refractivity contribution in [3.63, 3.8) is 0 Å². The first-order valence-corrected chi connectivity index (χ1v) is 11.7.